The summed E-state index contributed by atoms with van der Waals surface area (Å²) < 4.78 is 8.26. The molecule has 0 atom stereocenters. The van der Waals surface area contributed by atoms with Gasteiger partial charge in [0.25, 0.3) is 0 Å². The van der Waals surface area contributed by atoms with Crippen molar-refractivity contribution in [2.24, 2.45) is 0 Å². The fourth-order valence-corrected chi connectivity index (χ4v) is 0. The number of rotatable bonds is 0. The van der Waals surface area contributed by atoms with Crippen LogP contribution in [0.15, 0.2) is 0 Å². The minimum atomic E-state index is 0. The van der Waals surface area contributed by atoms with Crippen LogP contribution in [-0.4, -0.2) is 45.5 Å². The average Bonchev–Trinajstić information content (AvgIpc) is 1.00. The summed E-state index contributed by atoms with van der Waals surface area (Å²) in [5.41, 5.74) is 0. The molecule has 0 aromatic heterocycles. The molecule has 0 fully saturated rings. The van der Waals surface area contributed by atoms with Crippen LogP contribution in [0.4, 0.5) is 0 Å². The normalized spacial score (nSPS) is 0.800. The zero-order chi connectivity index (χ0) is 2.00. The molecular weight excluding hydrogens is 314 g/mol. The van der Waals surface area contributed by atoms with E-state index in [1.807, 2.05) is 0 Å². The van der Waals surface area contributed by atoms with E-state index in [1.165, 1.54) is 0 Å². The molecule has 5 heteroatoms. The van der Waals surface area contributed by atoms with Crippen molar-refractivity contribution < 1.29 is 57.0 Å². The van der Waals surface area contributed by atoms with Gasteiger partial charge in [-0.15, -0.1) is 0 Å². The third kappa shape index (κ3) is 19.5. The molecule has 0 N–H and O–H groups in total. The molecule has 1 radical (unpaired) electrons. The van der Waals surface area contributed by atoms with E-state index < -0.39 is 0 Å². The second kappa shape index (κ2) is 28.0. The zero-order valence-electron chi connectivity index (χ0n) is 1.50. The molecule has 5 heavy (non-hydrogen) atoms. The third-order valence-electron chi connectivity index (χ3n) is 0. The summed E-state index contributed by atoms with van der Waals surface area (Å²) in [6, 6.07) is 0. The van der Waals surface area contributed by atoms with Gasteiger partial charge in [0.2, 0.25) is 0 Å². The molecule has 0 spiro atoms. The Kier molecular flexibility index (Phi) is 137. The molecule has 1 nitrogen and oxygen atoms in total. The second-order valence-electron chi connectivity index (χ2n) is 0. The van der Waals surface area contributed by atoms with Crippen molar-refractivity contribution in [3.05, 3.63) is 0 Å². The molecule has 0 aliphatic rings. The Morgan fingerprint density at radius 3 is 1.20 bits per heavy atom. The van der Waals surface area contributed by atoms with Gasteiger partial charge in [-0.2, -0.15) is 0 Å². The summed E-state index contributed by atoms with van der Waals surface area (Å²) in [6.07, 6.45) is 0. The van der Waals surface area contributed by atoms with Gasteiger partial charge >= 0.3 is 68.7 Å². The first kappa shape index (κ1) is 24.5. The number of hydrogen-bond donors (Lipinski definition) is 0. The van der Waals surface area contributed by atoms with Crippen molar-refractivity contribution in [3.63, 3.8) is 0 Å². The molecule has 0 rings (SSSR count). The second-order valence-corrected chi connectivity index (χ2v) is 0. The van der Waals surface area contributed by atoms with Crippen molar-refractivity contribution in [1.82, 2.24) is 0 Å². The quantitative estimate of drug-likeness (QED) is 0.522. The number of hydrogen-bond acceptors (Lipinski definition) is 1. The summed E-state index contributed by atoms with van der Waals surface area (Å²) in [7, 11) is 0. The average molecular weight is 316 g/mol. The minimum absolute atomic E-state index is 0. The van der Waals surface area contributed by atoms with Crippen LogP contribution in [0.5, 0.6) is 0 Å². The predicted octanol–water partition coefficient (Wildman–Crippen LogP) is -1.04. The van der Waals surface area contributed by atoms with Crippen LogP contribution < -0.4 is 0 Å². The van der Waals surface area contributed by atoms with Gasteiger partial charge in [0, 0.05) is 33.8 Å². The summed E-state index contributed by atoms with van der Waals surface area (Å²) in [4.78, 5) is 0. The molecule has 0 saturated heterocycles. The molecule has 33 valence electrons. The first-order chi connectivity index (χ1) is 1.00. The molecule has 0 amide bonds. The SMILES string of the molecule is [Co].[Fe].[O]=[Mo].[SrH2]. The van der Waals surface area contributed by atoms with Crippen molar-refractivity contribution >= 4 is 45.5 Å². The van der Waals surface area contributed by atoms with E-state index in [0.717, 1.165) is 0 Å². The van der Waals surface area contributed by atoms with E-state index in [9.17, 15) is 0 Å². The van der Waals surface area contributed by atoms with Gasteiger partial charge in [-0.3, -0.25) is 0 Å². The molecule has 0 aliphatic carbocycles. The molecule has 0 aliphatic heterocycles. The summed E-state index contributed by atoms with van der Waals surface area (Å²) in [5, 5.41) is 0. The van der Waals surface area contributed by atoms with Gasteiger partial charge in [-0.05, 0) is 0 Å². The summed E-state index contributed by atoms with van der Waals surface area (Å²) in [6.45, 7) is 0. The molecule has 0 saturated carbocycles. The predicted molar refractivity (Wildman–Crippen MR) is 9.23 cm³/mol. The van der Waals surface area contributed by atoms with Crippen LogP contribution in [0.1, 0.15) is 0 Å². The van der Waals surface area contributed by atoms with E-state index in [-0.39, 0.29) is 79.3 Å². The van der Waals surface area contributed by atoms with E-state index in [4.69, 9.17) is 3.40 Å². The maximum atomic E-state index is 8.26. The zero-order valence-corrected chi connectivity index (χ0v) is 5.66. The van der Waals surface area contributed by atoms with Gasteiger partial charge in [0.1, 0.15) is 0 Å². The Morgan fingerprint density at radius 1 is 1.20 bits per heavy atom. The third-order valence-corrected chi connectivity index (χ3v) is 0. The van der Waals surface area contributed by atoms with E-state index in [1.54, 1.807) is 0 Å². The molecule has 0 aromatic carbocycles. The van der Waals surface area contributed by atoms with Crippen LogP contribution in [-0.2, 0) is 57.0 Å². The Balaban J connectivity index is -0.00000000167. The van der Waals surface area contributed by atoms with E-state index >= 15 is 0 Å². The van der Waals surface area contributed by atoms with Gasteiger partial charge in [-0.25, -0.2) is 0 Å². The molecule has 0 aromatic rings. The monoisotopic (exact) mass is 319 g/mol. The Hall–Kier alpha value is 2.99. The van der Waals surface area contributed by atoms with Crippen molar-refractivity contribution in [2.45, 2.75) is 0 Å². The fraction of sp³-hybridized carbons (Fsp3) is 0. The Labute approximate surface area is 100 Å². The van der Waals surface area contributed by atoms with Crippen molar-refractivity contribution in [1.29, 1.82) is 0 Å². The van der Waals surface area contributed by atoms with Crippen LogP contribution in [0.25, 0.3) is 0 Å². The first-order valence-electron chi connectivity index (χ1n) is 0.167. The topological polar surface area (TPSA) is 17.1 Å². The van der Waals surface area contributed by atoms with Crippen LogP contribution in [0, 0.1) is 0 Å². The molecule has 0 heterocycles. The van der Waals surface area contributed by atoms with Crippen LogP contribution in [0.3, 0.4) is 0 Å². The maximum absolute atomic E-state index is 8.26. The summed E-state index contributed by atoms with van der Waals surface area (Å²) in [5.74, 6) is 0. The fourth-order valence-electron chi connectivity index (χ4n) is 0. The Bertz CT molecular complexity index is 11.6. The summed E-state index contributed by atoms with van der Waals surface area (Å²) >= 11 is 0.700. The molecular formula is H2CoFeMoOSr. The van der Waals surface area contributed by atoms with Crippen LogP contribution >= 0.6 is 0 Å². The van der Waals surface area contributed by atoms with Crippen molar-refractivity contribution in [2.75, 3.05) is 0 Å². The van der Waals surface area contributed by atoms with E-state index in [2.05, 4.69) is 0 Å². The van der Waals surface area contributed by atoms with Crippen LogP contribution in [0.2, 0.25) is 0 Å². The first-order valence-corrected chi connectivity index (χ1v) is 0.986. The Morgan fingerprint density at radius 2 is 1.20 bits per heavy atom. The van der Waals surface area contributed by atoms with Crippen molar-refractivity contribution in [3.8, 4) is 0 Å². The standard InChI is InChI=1S/Co.Fe.Mo.O.Sr.2H. The molecule has 0 bridgehead atoms. The van der Waals surface area contributed by atoms with Gasteiger partial charge in [0.05, 0.1) is 0 Å². The van der Waals surface area contributed by atoms with E-state index in [0.29, 0.717) is 19.8 Å². The van der Waals surface area contributed by atoms with Gasteiger partial charge in [-0.1, -0.05) is 0 Å². The molecule has 0 unspecified atom stereocenters. The van der Waals surface area contributed by atoms with Gasteiger partial charge in [0.15, 0.2) is 0 Å². The van der Waals surface area contributed by atoms with Gasteiger partial charge < -0.3 is 0 Å².